The van der Waals surface area contributed by atoms with Crippen molar-refractivity contribution in [3.8, 4) is 6.01 Å². The Morgan fingerprint density at radius 2 is 2.20 bits per heavy atom. The van der Waals surface area contributed by atoms with E-state index in [1.165, 1.54) is 0 Å². The summed E-state index contributed by atoms with van der Waals surface area (Å²) >= 11 is 5.88. The Balaban J connectivity index is 1.96. The number of nitrogens with zero attached hydrogens (tertiary/aromatic N) is 3. The van der Waals surface area contributed by atoms with Gasteiger partial charge in [0.15, 0.2) is 0 Å². The van der Waals surface area contributed by atoms with Gasteiger partial charge in [-0.15, -0.1) is 0 Å². The second-order valence-corrected chi connectivity index (χ2v) is 5.46. The number of halogens is 1. The first-order valence-electron chi connectivity index (χ1n) is 7.02. The largest absolute Gasteiger partial charge is 0.461 e. The maximum Gasteiger partial charge on any atom is 0.322 e. The van der Waals surface area contributed by atoms with Crippen molar-refractivity contribution >= 4 is 17.5 Å². The molecule has 1 aliphatic heterocycles. The zero-order valence-electron chi connectivity index (χ0n) is 12.1. The van der Waals surface area contributed by atoms with Gasteiger partial charge in [0.2, 0.25) is 11.2 Å². The van der Waals surface area contributed by atoms with Crippen molar-refractivity contribution in [3.05, 3.63) is 5.28 Å². The Hall–Kier alpha value is -1.14. The van der Waals surface area contributed by atoms with Crippen LogP contribution in [0.1, 0.15) is 33.6 Å². The van der Waals surface area contributed by atoms with E-state index in [2.05, 4.69) is 27.2 Å². The molecule has 2 atom stereocenters. The zero-order chi connectivity index (χ0) is 14.5. The molecule has 0 aliphatic carbocycles. The van der Waals surface area contributed by atoms with Crippen LogP contribution in [-0.2, 0) is 4.74 Å². The van der Waals surface area contributed by atoms with Gasteiger partial charge in [0, 0.05) is 19.1 Å². The minimum absolute atomic E-state index is 0.00554. The summed E-state index contributed by atoms with van der Waals surface area (Å²) in [5.41, 5.74) is 0. The molecule has 20 heavy (non-hydrogen) atoms. The van der Waals surface area contributed by atoms with Gasteiger partial charge in [0.1, 0.15) is 0 Å². The van der Waals surface area contributed by atoms with E-state index in [4.69, 9.17) is 21.1 Å². The molecule has 112 valence electrons. The Kier molecular flexibility index (Phi) is 5.37. The van der Waals surface area contributed by atoms with Gasteiger partial charge in [-0.2, -0.15) is 15.0 Å². The highest BCUT2D eigenvalue weighted by Gasteiger charge is 2.26. The van der Waals surface area contributed by atoms with Crippen LogP contribution < -0.4 is 10.1 Å². The topological polar surface area (TPSA) is 69.2 Å². The average molecular weight is 301 g/mol. The van der Waals surface area contributed by atoms with Crippen LogP contribution in [0.15, 0.2) is 0 Å². The molecule has 2 unspecified atom stereocenters. The summed E-state index contributed by atoms with van der Waals surface area (Å²) in [4.78, 5) is 12.2. The van der Waals surface area contributed by atoms with E-state index < -0.39 is 0 Å². The first kappa shape index (κ1) is 15.3. The highest BCUT2D eigenvalue weighted by Crippen LogP contribution is 2.23. The molecule has 1 aliphatic rings. The number of aromatic nitrogens is 3. The highest BCUT2D eigenvalue weighted by molar-refractivity contribution is 6.28. The Morgan fingerprint density at radius 3 is 2.90 bits per heavy atom. The molecule has 0 aromatic carbocycles. The molecule has 1 aromatic heterocycles. The second-order valence-electron chi connectivity index (χ2n) is 5.12. The summed E-state index contributed by atoms with van der Waals surface area (Å²) in [6, 6.07) is 0.247. The van der Waals surface area contributed by atoms with Gasteiger partial charge in [-0.05, 0) is 38.3 Å². The molecule has 2 heterocycles. The van der Waals surface area contributed by atoms with Crippen LogP contribution in [0.4, 0.5) is 5.95 Å². The molecule has 0 spiro atoms. The third-order valence-electron chi connectivity index (χ3n) is 3.20. The van der Waals surface area contributed by atoms with Crippen LogP contribution in [0, 0.1) is 5.92 Å². The molecule has 0 saturated carbocycles. The van der Waals surface area contributed by atoms with Crippen LogP contribution in [0.3, 0.4) is 0 Å². The van der Waals surface area contributed by atoms with Crippen LogP contribution in [0.25, 0.3) is 0 Å². The fourth-order valence-corrected chi connectivity index (χ4v) is 2.43. The SMILES string of the molecule is CCC1OCCC1CNc1nc(Cl)nc(OC(C)C)n1. The van der Waals surface area contributed by atoms with Crippen LogP contribution >= 0.6 is 11.6 Å². The van der Waals surface area contributed by atoms with E-state index in [-0.39, 0.29) is 17.4 Å². The fraction of sp³-hybridized carbons (Fsp3) is 0.769. The minimum Gasteiger partial charge on any atom is -0.461 e. The van der Waals surface area contributed by atoms with Crippen molar-refractivity contribution in [1.29, 1.82) is 0 Å². The molecule has 0 bridgehead atoms. The van der Waals surface area contributed by atoms with E-state index >= 15 is 0 Å². The molecule has 0 radical (unpaired) electrons. The monoisotopic (exact) mass is 300 g/mol. The number of nitrogens with one attached hydrogen (secondary N) is 1. The summed E-state index contributed by atoms with van der Waals surface area (Å²) < 4.78 is 11.1. The van der Waals surface area contributed by atoms with Crippen molar-refractivity contribution in [3.63, 3.8) is 0 Å². The fourth-order valence-electron chi connectivity index (χ4n) is 2.27. The van der Waals surface area contributed by atoms with Gasteiger partial charge in [0.05, 0.1) is 12.2 Å². The maximum atomic E-state index is 5.88. The lowest BCUT2D eigenvalue weighted by molar-refractivity contribution is 0.0900. The molecule has 1 N–H and O–H groups in total. The minimum atomic E-state index is -0.00554. The Labute approximate surface area is 124 Å². The van der Waals surface area contributed by atoms with Crippen LogP contribution in [0.2, 0.25) is 5.28 Å². The smallest absolute Gasteiger partial charge is 0.322 e. The van der Waals surface area contributed by atoms with Crippen LogP contribution in [0.5, 0.6) is 6.01 Å². The molecular formula is C13H21ClN4O2. The average Bonchev–Trinajstić information content (AvgIpc) is 2.82. The van der Waals surface area contributed by atoms with E-state index in [0.29, 0.717) is 18.0 Å². The number of hydrogen-bond acceptors (Lipinski definition) is 6. The van der Waals surface area contributed by atoms with Crippen molar-refractivity contribution in [1.82, 2.24) is 15.0 Å². The first-order valence-corrected chi connectivity index (χ1v) is 7.40. The predicted octanol–water partition coefficient (Wildman–Crippen LogP) is 2.54. The number of anilines is 1. The van der Waals surface area contributed by atoms with Gasteiger partial charge < -0.3 is 14.8 Å². The van der Waals surface area contributed by atoms with E-state index in [1.54, 1.807) is 0 Å². The summed E-state index contributed by atoms with van der Waals surface area (Å²) in [5.74, 6) is 0.924. The van der Waals surface area contributed by atoms with Gasteiger partial charge in [-0.25, -0.2) is 0 Å². The molecule has 0 amide bonds. The molecule has 7 heteroatoms. The van der Waals surface area contributed by atoms with Crippen molar-refractivity contribution in [2.45, 2.75) is 45.8 Å². The number of ether oxygens (including phenoxy) is 2. The summed E-state index contributed by atoms with van der Waals surface area (Å²) in [7, 11) is 0. The molecule has 1 fully saturated rings. The summed E-state index contributed by atoms with van der Waals surface area (Å²) in [6.45, 7) is 7.54. The first-order chi connectivity index (χ1) is 9.58. The van der Waals surface area contributed by atoms with E-state index in [9.17, 15) is 0 Å². The maximum absolute atomic E-state index is 5.88. The van der Waals surface area contributed by atoms with Gasteiger partial charge in [-0.1, -0.05) is 6.92 Å². The summed E-state index contributed by atoms with van der Waals surface area (Å²) in [5, 5.41) is 3.33. The normalized spacial score (nSPS) is 22.2. The van der Waals surface area contributed by atoms with Crippen molar-refractivity contribution in [2.24, 2.45) is 5.92 Å². The van der Waals surface area contributed by atoms with Gasteiger partial charge in [0.25, 0.3) is 0 Å². The van der Waals surface area contributed by atoms with Gasteiger partial charge >= 0.3 is 6.01 Å². The lowest BCUT2D eigenvalue weighted by atomic mass is 10.00. The Bertz CT molecular complexity index is 444. The summed E-state index contributed by atoms with van der Waals surface area (Å²) in [6.07, 6.45) is 2.38. The van der Waals surface area contributed by atoms with Crippen LogP contribution in [-0.4, -0.2) is 40.3 Å². The standard InChI is InChI=1S/C13H21ClN4O2/c1-4-10-9(5-6-19-10)7-15-12-16-11(14)17-13(18-12)20-8(2)3/h8-10H,4-7H2,1-3H3,(H,15,16,17,18). The van der Waals surface area contributed by atoms with Crippen molar-refractivity contribution in [2.75, 3.05) is 18.5 Å². The lowest BCUT2D eigenvalue weighted by Crippen LogP contribution is -2.23. The third kappa shape index (κ3) is 4.18. The lowest BCUT2D eigenvalue weighted by Gasteiger charge is -2.17. The molecule has 2 rings (SSSR count). The second kappa shape index (κ2) is 7.04. The number of hydrogen-bond donors (Lipinski definition) is 1. The Morgan fingerprint density at radius 1 is 1.40 bits per heavy atom. The number of rotatable bonds is 6. The quantitative estimate of drug-likeness (QED) is 0.870. The highest BCUT2D eigenvalue weighted by atomic mass is 35.5. The third-order valence-corrected chi connectivity index (χ3v) is 3.37. The van der Waals surface area contributed by atoms with Gasteiger partial charge in [-0.3, -0.25) is 0 Å². The molecular weight excluding hydrogens is 280 g/mol. The van der Waals surface area contributed by atoms with E-state index in [1.807, 2.05) is 13.8 Å². The molecule has 6 nitrogen and oxygen atoms in total. The predicted molar refractivity (Wildman–Crippen MR) is 77.2 cm³/mol. The van der Waals surface area contributed by atoms with E-state index in [0.717, 1.165) is 26.0 Å². The van der Waals surface area contributed by atoms with Crippen molar-refractivity contribution < 1.29 is 9.47 Å². The molecule has 1 aromatic rings. The molecule has 1 saturated heterocycles. The zero-order valence-corrected chi connectivity index (χ0v) is 12.9.